The highest BCUT2D eigenvalue weighted by Gasteiger charge is 2.09. The third-order valence-electron chi connectivity index (χ3n) is 2.39. The Hall–Kier alpha value is -0.310. The summed E-state index contributed by atoms with van der Waals surface area (Å²) < 4.78 is 1.99. The molecule has 0 aliphatic heterocycles. The molecule has 0 spiro atoms. The predicted octanol–water partition coefficient (Wildman–Crippen LogP) is 2.69. The molecule has 0 aromatic carbocycles. The van der Waals surface area contributed by atoms with E-state index in [1.165, 1.54) is 12.1 Å². The Balaban J connectivity index is 2.67. The average molecular weight is 245 g/mol. The first-order chi connectivity index (χ1) is 6.17. The van der Waals surface area contributed by atoms with Gasteiger partial charge >= 0.3 is 0 Å². The van der Waals surface area contributed by atoms with Gasteiger partial charge in [-0.25, -0.2) is 0 Å². The molecule has 0 aliphatic rings. The SMILES string of the molecule is CCC(CBr)Cc1cc(C)nn1C. The Labute approximate surface area is 88.5 Å². The summed E-state index contributed by atoms with van der Waals surface area (Å²) in [5, 5.41) is 5.41. The summed E-state index contributed by atoms with van der Waals surface area (Å²) in [4.78, 5) is 0. The highest BCUT2D eigenvalue weighted by molar-refractivity contribution is 9.09. The van der Waals surface area contributed by atoms with Crippen LogP contribution < -0.4 is 0 Å². The molecule has 1 rings (SSSR count). The Kier molecular flexibility index (Phi) is 3.97. The summed E-state index contributed by atoms with van der Waals surface area (Å²) in [6, 6.07) is 2.17. The zero-order chi connectivity index (χ0) is 9.84. The minimum absolute atomic E-state index is 0.731. The van der Waals surface area contributed by atoms with Gasteiger partial charge in [0.05, 0.1) is 5.69 Å². The van der Waals surface area contributed by atoms with Gasteiger partial charge in [0.1, 0.15) is 0 Å². The van der Waals surface area contributed by atoms with Crippen molar-refractivity contribution >= 4 is 15.9 Å². The van der Waals surface area contributed by atoms with Crippen LogP contribution in [0.4, 0.5) is 0 Å². The zero-order valence-electron chi connectivity index (χ0n) is 8.55. The highest BCUT2D eigenvalue weighted by atomic mass is 79.9. The van der Waals surface area contributed by atoms with Crippen LogP contribution in [0.3, 0.4) is 0 Å². The topological polar surface area (TPSA) is 17.8 Å². The van der Waals surface area contributed by atoms with Gasteiger partial charge in [0.15, 0.2) is 0 Å². The number of rotatable bonds is 4. The van der Waals surface area contributed by atoms with Gasteiger partial charge in [0.2, 0.25) is 0 Å². The zero-order valence-corrected chi connectivity index (χ0v) is 10.1. The number of aryl methyl sites for hydroxylation is 2. The second-order valence-corrected chi connectivity index (χ2v) is 4.18. The van der Waals surface area contributed by atoms with Crippen LogP contribution >= 0.6 is 15.9 Å². The van der Waals surface area contributed by atoms with Crippen molar-refractivity contribution in [2.45, 2.75) is 26.7 Å². The molecule has 74 valence electrons. The Bertz CT molecular complexity index is 264. The fourth-order valence-electron chi connectivity index (χ4n) is 1.46. The van der Waals surface area contributed by atoms with Crippen molar-refractivity contribution in [1.82, 2.24) is 9.78 Å². The third kappa shape index (κ3) is 2.83. The van der Waals surface area contributed by atoms with Gasteiger partial charge in [0.25, 0.3) is 0 Å². The Morgan fingerprint density at radius 2 is 2.31 bits per heavy atom. The standard InChI is InChI=1S/C10H17BrN2/c1-4-9(7-11)6-10-5-8(2)12-13(10)3/h5,9H,4,6-7H2,1-3H3. The number of halogens is 1. The van der Waals surface area contributed by atoms with E-state index in [-0.39, 0.29) is 0 Å². The average Bonchev–Trinajstić information content (AvgIpc) is 2.41. The van der Waals surface area contributed by atoms with Crippen molar-refractivity contribution in [3.8, 4) is 0 Å². The van der Waals surface area contributed by atoms with E-state index < -0.39 is 0 Å². The van der Waals surface area contributed by atoms with E-state index in [9.17, 15) is 0 Å². The molecule has 0 aliphatic carbocycles. The van der Waals surface area contributed by atoms with E-state index >= 15 is 0 Å². The lowest BCUT2D eigenvalue weighted by Crippen LogP contribution is -2.08. The molecule has 0 N–H and O–H groups in total. The highest BCUT2D eigenvalue weighted by Crippen LogP contribution is 2.14. The molecule has 0 radical (unpaired) electrons. The lowest BCUT2D eigenvalue weighted by molar-refractivity contribution is 0.543. The molecule has 1 atom stereocenters. The maximum absolute atomic E-state index is 4.33. The Morgan fingerprint density at radius 1 is 1.62 bits per heavy atom. The largest absolute Gasteiger partial charge is 0.272 e. The van der Waals surface area contributed by atoms with E-state index in [1.807, 2.05) is 18.7 Å². The first-order valence-corrected chi connectivity index (χ1v) is 5.85. The molecular formula is C10H17BrN2. The second-order valence-electron chi connectivity index (χ2n) is 3.53. The molecule has 0 amide bonds. The summed E-state index contributed by atoms with van der Waals surface area (Å²) in [5.74, 6) is 0.731. The van der Waals surface area contributed by atoms with Crippen LogP contribution in [0, 0.1) is 12.8 Å². The molecule has 3 heteroatoms. The maximum Gasteiger partial charge on any atom is 0.0596 e. The van der Waals surface area contributed by atoms with Gasteiger partial charge in [-0.15, -0.1) is 0 Å². The smallest absolute Gasteiger partial charge is 0.0596 e. The van der Waals surface area contributed by atoms with Gasteiger partial charge in [0, 0.05) is 18.1 Å². The van der Waals surface area contributed by atoms with Gasteiger partial charge < -0.3 is 0 Å². The molecule has 0 fully saturated rings. The van der Waals surface area contributed by atoms with Crippen LogP contribution in [0.25, 0.3) is 0 Å². The molecule has 0 bridgehead atoms. The minimum atomic E-state index is 0.731. The summed E-state index contributed by atoms with van der Waals surface area (Å²) in [7, 11) is 2.02. The maximum atomic E-state index is 4.33. The summed E-state index contributed by atoms with van der Waals surface area (Å²) >= 11 is 3.54. The number of hydrogen-bond acceptors (Lipinski definition) is 1. The van der Waals surface area contributed by atoms with E-state index in [4.69, 9.17) is 0 Å². The van der Waals surface area contributed by atoms with E-state index in [0.29, 0.717) is 0 Å². The summed E-state index contributed by atoms with van der Waals surface area (Å²) in [6.45, 7) is 4.27. The molecule has 13 heavy (non-hydrogen) atoms. The third-order valence-corrected chi connectivity index (χ3v) is 3.31. The van der Waals surface area contributed by atoms with Crippen LogP contribution in [0.15, 0.2) is 6.07 Å². The van der Waals surface area contributed by atoms with Crippen LogP contribution in [0.5, 0.6) is 0 Å². The van der Waals surface area contributed by atoms with Crippen molar-refractivity contribution in [1.29, 1.82) is 0 Å². The van der Waals surface area contributed by atoms with E-state index in [0.717, 1.165) is 23.4 Å². The molecule has 1 unspecified atom stereocenters. The molecule has 1 aromatic heterocycles. The normalized spacial score (nSPS) is 13.2. The van der Waals surface area contributed by atoms with Gasteiger partial charge in [-0.1, -0.05) is 29.3 Å². The van der Waals surface area contributed by atoms with Crippen molar-refractivity contribution in [3.63, 3.8) is 0 Å². The molecular weight excluding hydrogens is 228 g/mol. The predicted molar refractivity (Wildman–Crippen MR) is 59.2 cm³/mol. The van der Waals surface area contributed by atoms with E-state index in [2.05, 4.69) is 34.0 Å². The van der Waals surface area contributed by atoms with Crippen LogP contribution in [0.2, 0.25) is 0 Å². The second kappa shape index (κ2) is 4.80. The van der Waals surface area contributed by atoms with Gasteiger partial charge in [-0.3, -0.25) is 4.68 Å². The van der Waals surface area contributed by atoms with E-state index in [1.54, 1.807) is 0 Å². The fourth-order valence-corrected chi connectivity index (χ4v) is 2.15. The van der Waals surface area contributed by atoms with Crippen molar-refractivity contribution in [2.75, 3.05) is 5.33 Å². The van der Waals surface area contributed by atoms with Crippen LogP contribution in [-0.4, -0.2) is 15.1 Å². The van der Waals surface area contributed by atoms with Crippen molar-refractivity contribution in [2.24, 2.45) is 13.0 Å². The minimum Gasteiger partial charge on any atom is -0.272 e. The molecule has 0 saturated heterocycles. The van der Waals surface area contributed by atoms with Crippen LogP contribution in [-0.2, 0) is 13.5 Å². The molecule has 2 nitrogen and oxygen atoms in total. The quantitative estimate of drug-likeness (QED) is 0.746. The monoisotopic (exact) mass is 244 g/mol. The first kappa shape index (κ1) is 10.8. The van der Waals surface area contributed by atoms with Crippen LogP contribution in [0.1, 0.15) is 24.7 Å². The number of alkyl halides is 1. The number of hydrogen-bond donors (Lipinski definition) is 0. The molecule has 1 heterocycles. The Morgan fingerprint density at radius 3 is 2.69 bits per heavy atom. The van der Waals surface area contributed by atoms with Gasteiger partial charge in [-0.05, 0) is 25.3 Å². The molecule has 1 aromatic rings. The fraction of sp³-hybridized carbons (Fsp3) is 0.700. The van der Waals surface area contributed by atoms with Crippen molar-refractivity contribution in [3.05, 3.63) is 17.5 Å². The number of aromatic nitrogens is 2. The summed E-state index contributed by atoms with van der Waals surface area (Å²) in [6.07, 6.45) is 2.34. The lowest BCUT2D eigenvalue weighted by Gasteiger charge is -2.10. The lowest BCUT2D eigenvalue weighted by atomic mass is 10.0. The van der Waals surface area contributed by atoms with Gasteiger partial charge in [-0.2, -0.15) is 5.10 Å². The molecule has 0 saturated carbocycles. The first-order valence-electron chi connectivity index (χ1n) is 4.72. The summed E-state index contributed by atoms with van der Waals surface area (Å²) in [5.41, 5.74) is 2.45. The number of nitrogens with zero attached hydrogens (tertiary/aromatic N) is 2. The van der Waals surface area contributed by atoms with Crippen molar-refractivity contribution < 1.29 is 0 Å².